The number of likely N-dealkylation sites (N-methyl/N-ethyl adjacent to an activating group) is 1. The van der Waals surface area contributed by atoms with Crippen LogP contribution in [0.4, 0.5) is 4.39 Å². The molecule has 0 radical (unpaired) electrons. The van der Waals surface area contributed by atoms with Crippen LogP contribution in [0, 0.1) is 5.82 Å². The van der Waals surface area contributed by atoms with Gasteiger partial charge in [0.1, 0.15) is 5.82 Å². The van der Waals surface area contributed by atoms with Gasteiger partial charge in [0, 0.05) is 6.54 Å². The third kappa shape index (κ3) is 1.91. The van der Waals surface area contributed by atoms with Gasteiger partial charge >= 0.3 is 0 Å². The number of hydrogen-bond acceptors (Lipinski definition) is 1. The fourth-order valence-corrected chi connectivity index (χ4v) is 2.64. The topological polar surface area (TPSA) is 12.0 Å². The Kier molecular flexibility index (Phi) is 3.06. The van der Waals surface area contributed by atoms with Crippen LogP contribution in [0.5, 0.6) is 0 Å². The van der Waals surface area contributed by atoms with Crippen LogP contribution in [0.15, 0.2) is 18.2 Å². The van der Waals surface area contributed by atoms with Gasteiger partial charge in [-0.05, 0) is 48.9 Å². The summed E-state index contributed by atoms with van der Waals surface area (Å²) in [5, 5.41) is 3.19. The van der Waals surface area contributed by atoms with E-state index in [2.05, 4.69) is 18.3 Å². The molecule has 1 N–H and O–H groups in total. The lowest BCUT2D eigenvalue weighted by Crippen LogP contribution is -2.23. The Morgan fingerprint density at radius 3 is 2.93 bits per heavy atom. The van der Waals surface area contributed by atoms with E-state index in [1.807, 2.05) is 13.1 Å². The van der Waals surface area contributed by atoms with Crippen molar-refractivity contribution in [1.82, 2.24) is 5.32 Å². The summed E-state index contributed by atoms with van der Waals surface area (Å²) in [4.78, 5) is 0. The molecule has 0 amide bonds. The van der Waals surface area contributed by atoms with Crippen LogP contribution < -0.4 is 5.32 Å². The van der Waals surface area contributed by atoms with Crippen molar-refractivity contribution in [3.63, 3.8) is 0 Å². The zero-order valence-corrected chi connectivity index (χ0v) is 9.39. The van der Waals surface area contributed by atoms with E-state index in [-0.39, 0.29) is 5.82 Å². The summed E-state index contributed by atoms with van der Waals surface area (Å²) in [6, 6.07) is 5.49. The molecule has 2 heteroatoms. The minimum atomic E-state index is -0.0270. The molecule has 0 bridgehead atoms. The Morgan fingerprint density at radius 1 is 1.40 bits per heavy atom. The SMILES string of the molecule is CNCC1CCC(C)c2c(F)cccc21. The van der Waals surface area contributed by atoms with E-state index in [1.54, 1.807) is 6.07 Å². The molecule has 1 aromatic carbocycles. The van der Waals surface area contributed by atoms with E-state index >= 15 is 0 Å². The molecule has 82 valence electrons. The number of benzene rings is 1. The molecular formula is C13H18FN. The van der Waals surface area contributed by atoms with Gasteiger partial charge in [0.25, 0.3) is 0 Å². The van der Waals surface area contributed by atoms with E-state index in [0.717, 1.165) is 18.5 Å². The Hall–Kier alpha value is -0.890. The zero-order chi connectivity index (χ0) is 10.8. The van der Waals surface area contributed by atoms with Crippen LogP contribution in [0.1, 0.15) is 42.7 Å². The third-order valence-electron chi connectivity index (χ3n) is 3.42. The van der Waals surface area contributed by atoms with Gasteiger partial charge in [0.05, 0.1) is 0 Å². The first kappa shape index (κ1) is 10.6. The van der Waals surface area contributed by atoms with Gasteiger partial charge in [0.2, 0.25) is 0 Å². The van der Waals surface area contributed by atoms with E-state index in [9.17, 15) is 4.39 Å². The summed E-state index contributed by atoms with van der Waals surface area (Å²) in [6.45, 7) is 3.07. The van der Waals surface area contributed by atoms with Crippen molar-refractivity contribution in [3.8, 4) is 0 Å². The molecule has 1 aromatic rings. The molecule has 2 unspecified atom stereocenters. The maximum Gasteiger partial charge on any atom is 0.126 e. The van der Waals surface area contributed by atoms with Crippen molar-refractivity contribution >= 4 is 0 Å². The van der Waals surface area contributed by atoms with Gasteiger partial charge in [0.15, 0.2) is 0 Å². The van der Waals surface area contributed by atoms with Gasteiger partial charge < -0.3 is 5.32 Å². The van der Waals surface area contributed by atoms with Crippen LogP contribution in [0.2, 0.25) is 0 Å². The zero-order valence-electron chi connectivity index (χ0n) is 9.39. The highest BCUT2D eigenvalue weighted by molar-refractivity contribution is 5.36. The molecule has 2 atom stereocenters. The second-order valence-electron chi connectivity index (χ2n) is 4.48. The standard InChI is InChI=1S/C13H18FN/c1-9-6-7-10(8-15-2)11-4-3-5-12(14)13(9)11/h3-5,9-10,15H,6-8H2,1-2H3. The summed E-state index contributed by atoms with van der Waals surface area (Å²) in [5.41, 5.74) is 2.16. The van der Waals surface area contributed by atoms with Crippen molar-refractivity contribution in [2.45, 2.75) is 31.6 Å². The van der Waals surface area contributed by atoms with Crippen molar-refractivity contribution in [3.05, 3.63) is 35.1 Å². The van der Waals surface area contributed by atoms with Gasteiger partial charge in [-0.3, -0.25) is 0 Å². The maximum absolute atomic E-state index is 13.7. The molecule has 2 rings (SSSR count). The van der Waals surface area contributed by atoms with Crippen molar-refractivity contribution in [2.75, 3.05) is 13.6 Å². The summed E-state index contributed by atoms with van der Waals surface area (Å²) >= 11 is 0. The Labute approximate surface area is 90.7 Å². The highest BCUT2D eigenvalue weighted by Gasteiger charge is 2.26. The molecule has 15 heavy (non-hydrogen) atoms. The monoisotopic (exact) mass is 207 g/mol. The number of nitrogens with one attached hydrogen (secondary N) is 1. The second-order valence-corrected chi connectivity index (χ2v) is 4.48. The van der Waals surface area contributed by atoms with Gasteiger partial charge in [-0.1, -0.05) is 19.1 Å². The quantitative estimate of drug-likeness (QED) is 0.786. The molecule has 0 spiro atoms. The average Bonchev–Trinajstić information content (AvgIpc) is 2.22. The number of halogens is 1. The second kappa shape index (κ2) is 4.31. The van der Waals surface area contributed by atoms with Crippen LogP contribution in [-0.2, 0) is 0 Å². The Bertz CT molecular complexity index is 348. The Balaban J connectivity index is 2.41. The summed E-state index contributed by atoms with van der Waals surface area (Å²) < 4.78 is 13.7. The predicted molar refractivity (Wildman–Crippen MR) is 60.7 cm³/mol. The van der Waals surface area contributed by atoms with Gasteiger partial charge in [-0.15, -0.1) is 0 Å². The minimum absolute atomic E-state index is 0.0270. The molecule has 0 saturated carbocycles. The fourth-order valence-electron chi connectivity index (χ4n) is 2.64. The molecule has 0 heterocycles. The summed E-state index contributed by atoms with van der Waals surface area (Å²) in [7, 11) is 1.96. The third-order valence-corrected chi connectivity index (χ3v) is 3.42. The van der Waals surface area contributed by atoms with Crippen molar-refractivity contribution in [1.29, 1.82) is 0 Å². The highest BCUT2D eigenvalue weighted by Crippen LogP contribution is 2.39. The largest absolute Gasteiger partial charge is 0.319 e. The Morgan fingerprint density at radius 2 is 2.20 bits per heavy atom. The molecule has 0 fully saturated rings. The van der Waals surface area contributed by atoms with Crippen LogP contribution in [0.25, 0.3) is 0 Å². The number of fused-ring (bicyclic) bond motifs is 1. The first-order valence-corrected chi connectivity index (χ1v) is 5.67. The molecule has 1 nitrogen and oxygen atoms in total. The molecular weight excluding hydrogens is 189 g/mol. The van der Waals surface area contributed by atoms with Crippen molar-refractivity contribution < 1.29 is 4.39 Å². The smallest absolute Gasteiger partial charge is 0.126 e. The minimum Gasteiger partial charge on any atom is -0.319 e. The lowest BCUT2D eigenvalue weighted by molar-refractivity contribution is 0.464. The van der Waals surface area contributed by atoms with E-state index < -0.39 is 0 Å². The van der Waals surface area contributed by atoms with Crippen molar-refractivity contribution in [2.24, 2.45) is 0 Å². The summed E-state index contributed by atoms with van der Waals surface area (Å²) in [6.07, 6.45) is 2.26. The molecule has 0 aromatic heterocycles. The number of hydrogen-bond donors (Lipinski definition) is 1. The lowest BCUT2D eigenvalue weighted by Gasteiger charge is -2.29. The van der Waals surface area contributed by atoms with Gasteiger partial charge in [-0.25, -0.2) is 4.39 Å². The first-order valence-electron chi connectivity index (χ1n) is 5.67. The average molecular weight is 207 g/mol. The van der Waals surface area contributed by atoms with Crippen LogP contribution in [0.3, 0.4) is 0 Å². The van der Waals surface area contributed by atoms with E-state index in [0.29, 0.717) is 11.8 Å². The predicted octanol–water partition coefficient (Wildman–Crippen LogP) is 3.03. The fraction of sp³-hybridized carbons (Fsp3) is 0.538. The molecule has 1 aliphatic rings. The molecule has 0 aliphatic heterocycles. The van der Waals surface area contributed by atoms with E-state index in [4.69, 9.17) is 0 Å². The molecule has 0 saturated heterocycles. The van der Waals surface area contributed by atoms with E-state index in [1.165, 1.54) is 12.0 Å². The summed E-state index contributed by atoms with van der Waals surface area (Å²) in [5.74, 6) is 0.826. The first-order chi connectivity index (χ1) is 7.24. The van der Waals surface area contributed by atoms with Gasteiger partial charge in [-0.2, -0.15) is 0 Å². The van der Waals surface area contributed by atoms with Crippen LogP contribution in [-0.4, -0.2) is 13.6 Å². The number of rotatable bonds is 2. The maximum atomic E-state index is 13.7. The van der Waals surface area contributed by atoms with Crippen LogP contribution >= 0.6 is 0 Å². The lowest BCUT2D eigenvalue weighted by atomic mass is 9.77. The molecule has 1 aliphatic carbocycles. The normalized spacial score (nSPS) is 25.0. The highest BCUT2D eigenvalue weighted by atomic mass is 19.1.